The van der Waals surface area contributed by atoms with Crippen LogP contribution >= 0.6 is 0 Å². The lowest BCUT2D eigenvalue weighted by atomic mass is 9.68. The molecule has 0 unspecified atom stereocenters. The number of allylic oxidation sites excluding steroid dienone is 4. The number of para-hydroxylation sites is 7. The number of hydrogen-bond donors (Lipinski definition) is 0. The van der Waals surface area contributed by atoms with Gasteiger partial charge in [0.1, 0.15) is 0 Å². The first kappa shape index (κ1) is 45.5. The Morgan fingerprint density at radius 1 is 0.299 bits per heavy atom. The molecule has 4 nitrogen and oxygen atoms in total. The Morgan fingerprint density at radius 3 is 1.04 bits per heavy atom. The third-order valence-electron chi connectivity index (χ3n) is 15.5. The Hall–Kier alpha value is -10.1. The molecule has 4 heteroatoms. The number of benzene rings is 10. The van der Waals surface area contributed by atoms with Gasteiger partial charge in [0.25, 0.3) is 0 Å². The lowest BCUT2D eigenvalue weighted by molar-refractivity contribution is 0.772. The summed E-state index contributed by atoms with van der Waals surface area (Å²) in [5.41, 5.74) is 22.5. The Bertz CT molecular complexity index is 3670. The van der Waals surface area contributed by atoms with E-state index in [9.17, 15) is 0 Å². The molecule has 3 aliphatic rings. The molecule has 364 valence electrons. The van der Waals surface area contributed by atoms with Crippen LogP contribution in [-0.4, -0.2) is 0 Å². The van der Waals surface area contributed by atoms with Crippen molar-refractivity contribution in [3.8, 4) is 11.1 Å². The molecule has 14 rings (SSSR count). The van der Waals surface area contributed by atoms with Crippen LogP contribution in [0.15, 0.2) is 302 Å². The van der Waals surface area contributed by atoms with E-state index in [1.165, 1.54) is 50.2 Å². The van der Waals surface area contributed by atoms with Gasteiger partial charge >= 0.3 is 0 Å². The smallest absolute Gasteiger partial charge is 0.0973 e. The topological polar surface area (TPSA) is 13.0 Å². The standard InChI is InChI=1S/C73H52N4/c1-9-25-53(26-10-1)74(54-27-11-2-12-28-54)61-41-45-65-66-46-42-62(75(55-29-13-3-14-30-55)56-31-15-4-16-32-56)50-70(66)73(69(65)49-61)71-51-63(76(57-33-17-5-18-34-57)58-35-19-6-20-36-58)43-47-67(71)68-48-44-64(52-72(68)73)77(59-37-21-7-22-38-59)60-39-23-8-24-40-60/h1-23,25-39,41-42,44-46,48-52H,43,47H2. The molecule has 0 heterocycles. The van der Waals surface area contributed by atoms with Crippen molar-refractivity contribution in [1.29, 1.82) is 0 Å². The zero-order chi connectivity index (χ0) is 51.1. The fourth-order valence-corrected chi connectivity index (χ4v) is 12.4. The average molecular weight is 985 g/mol. The zero-order valence-electron chi connectivity index (χ0n) is 42.4. The van der Waals surface area contributed by atoms with Crippen molar-refractivity contribution in [3.05, 3.63) is 337 Å². The quantitative estimate of drug-likeness (QED) is 0.121. The second-order valence-electron chi connectivity index (χ2n) is 19.8. The molecule has 0 N–H and O–H groups in total. The zero-order valence-corrected chi connectivity index (χ0v) is 42.4. The molecule has 11 aromatic carbocycles. The Balaban J connectivity index is 1.09. The lowest BCUT2D eigenvalue weighted by Gasteiger charge is -2.37. The molecule has 0 amide bonds. The summed E-state index contributed by atoms with van der Waals surface area (Å²) in [6, 6.07) is 110. The highest BCUT2D eigenvalue weighted by Gasteiger charge is 2.54. The van der Waals surface area contributed by atoms with Crippen LogP contribution in [0.3, 0.4) is 0 Å². The summed E-state index contributed by atoms with van der Waals surface area (Å²) in [6.07, 6.45) is 4.29. The van der Waals surface area contributed by atoms with Crippen LogP contribution in [0.1, 0.15) is 35.1 Å². The Labute approximate surface area is 451 Å². The predicted octanol–water partition coefficient (Wildman–Crippen LogP) is 19.3. The first-order valence-electron chi connectivity index (χ1n) is 26.6. The fourth-order valence-electron chi connectivity index (χ4n) is 12.4. The van der Waals surface area contributed by atoms with Crippen LogP contribution in [-0.2, 0) is 5.41 Å². The van der Waals surface area contributed by atoms with Crippen molar-refractivity contribution < 1.29 is 0 Å². The number of nitrogens with zero attached hydrogens (tertiary/aromatic N) is 4. The van der Waals surface area contributed by atoms with Crippen LogP contribution in [0.5, 0.6) is 0 Å². The summed E-state index contributed by atoms with van der Waals surface area (Å²) < 4.78 is 0. The summed E-state index contributed by atoms with van der Waals surface area (Å²) in [5.74, 6) is 0. The molecule has 0 aliphatic heterocycles. The molecule has 77 heavy (non-hydrogen) atoms. The van der Waals surface area contributed by atoms with Gasteiger partial charge in [0.2, 0.25) is 0 Å². The van der Waals surface area contributed by atoms with Crippen molar-refractivity contribution in [2.75, 3.05) is 19.6 Å². The maximum atomic E-state index is 3.49. The van der Waals surface area contributed by atoms with Crippen LogP contribution in [0.2, 0.25) is 0 Å². The number of fused-ring (bicyclic) bond motifs is 9. The van der Waals surface area contributed by atoms with E-state index in [0.29, 0.717) is 0 Å². The van der Waals surface area contributed by atoms with Gasteiger partial charge in [0.05, 0.1) is 11.1 Å². The largest absolute Gasteiger partial charge is 0.314 e. The van der Waals surface area contributed by atoms with Gasteiger partial charge in [-0.3, -0.25) is 0 Å². The molecule has 0 bridgehead atoms. The maximum Gasteiger partial charge on any atom is 0.0973 e. The van der Waals surface area contributed by atoms with E-state index < -0.39 is 5.41 Å². The maximum absolute atomic E-state index is 3.49. The first-order valence-corrected chi connectivity index (χ1v) is 26.6. The minimum Gasteiger partial charge on any atom is -0.314 e. The van der Waals surface area contributed by atoms with Gasteiger partial charge in [0, 0.05) is 62.6 Å². The molecule has 0 fully saturated rings. The number of anilines is 11. The monoisotopic (exact) mass is 984 g/mol. The molecule has 11 aromatic rings. The fraction of sp³-hybridized carbons (Fsp3) is 0.0411. The molecule has 0 saturated carbocycles. The minimum absolute atomic E-state index is 0.783. The highest BCUT2D eigenvalue weighted by Crippen LogP contribution is 2.66. The van der Waals surface area contributed by atoms with E-state index >= 15 is 0 Å². The summed E-state index contributed by atoms with van der Waals surface area (Å²) in [5, 5.41) is 0. The summed E-state index contributed by atoms with van der Waals surface area (Å²) >= 11 is 0. The normalized spacial score (nSPS) is 13.4. The Morgan fingerprint density at radius 2 is 0.649 bits per heavy atom. The van der Waals surface area contributed by atoms with Crippen molar-refractivity contribution in [3.63, 3.8) is 0 Å². The molecular weight excluding hydrogens is 933 g/mol. The van der Waals surface area contributed by atoms with E-state index in [1.807, 2.05) is 6.07 Å². The molecule has 0 saturated heterocycles. The molecular formula is C73H52N4. The lowest BCUT2D eigenvalue weighted by Crippen LogP contribution is -2.29. The SMILES string of the molecule is c1cccc(N(c2ccccc2)c2ccc3c(c2)C2(C4=C3CCC(N(c3ccccc3)c3ccccc3)=C4)c3cc(N(c4ccccc4)c4ccccc4)ccc3-c3ccc(N(c4ccccc4)c4ccccc4)cc32)c#1. The van der Waals surface area contributed by atoms with Crippen molar-refractivity contribution in [1.82, 2.24) is 0 Å². The van der Waals surface area contributed by atoms with Gasteiger partial charge in [-0.1, -0.05) is 158 Å². The van der Waals surface area contributed by atoms with E-state index in [1.54, 1.807) is 0 Å². The van der Waals surface area contributed by atoms with E-state index in [0.717, 1.165) is 75.4 Å². The van der Waals surface area contributed by atoms with E-state index in [4.69, 9.17) is 0 Å². The van der Waals surface area contributed by atoms with Gasteiger partial charge in [-0.2, -0.15) is 0 Å². The summed E-state index contributed by atoms with van der Waals surface area (Å²) in [7, 11) is 0. The molecule has 0 atom stereocenters. The summed E-state index contributed by atoms with van der Waals surface area (Å²) in [6.45, 7) is 0. The van der Waals surface area contributed by atoms with Crippen LogP contribution in [0, 0.1) is 12.1 Å². The molecule has 1 spiro atoms. The molecule has 0 radical (unpaired) electrons. The van der Waals surface area contributed by atoms with Crippen LogP contribution in [0.25, 0.3) is 16.7 Å². The number of hydrogen-bond acceptors (Lipinski definition) is 4. The number of rotatable bonds is 12. The predicted molar refractivity (Wildman–Crippen MR) is 319 cm³/mol. The van der Waals surface area contributed by atoms with Gasteiger partial charge in [-0.25, -0.2) is 0 Å². The van der Waals surface area contributed by atoms with E-state index in [-0.39, 0.29) is 0 Å². The summed E-state index contributed by atoms with van der Waals surface area (Å²) in [4.78, 5) is 9.62. The third-order valence-corrected chi connectivity index (χ3v) is 15.5. The second-order valence-corrected chi connectivity index (χ2v) is 19.8. The second kappa shape index (κ2) is 19.3. The third kappa shape index (κ3) is 7.79. The first-order chi connectivity index (χ1) is 38.2. The van der Waals surface area contributed by atoms with Gasteiger partial charge in [0.15, 0.2) is 0 Å². The van der Waals surface area contributed by atoms with Crippen molar-refractivity contribution in [2.24, 2.45) is 0 Å². The van der Waals surface area contributed by atoms with Crippen LogP contribution in [0.4, 0.5) is 62.6 Å². The molecule has 3 aliphatic carbocycles. The van der Waals surface area contributed by atoms with Gasteiger partial charge in [-0.15, -0.1) is 0 Å². The molecule has 0 aromatic heterocycles. The average Bonchev–Trinajstić information content (AvgIpc) is 4.12. The highest BCUT2D eigenvalue weighted by molar-refractivity contribution is 6.00. The van der Waals surface area contributed by atoms with Crippen LogP contribution < -0.4 is 19.6 Å². The highest BCUT2D eigenvalue weighted by atomic mass is 15.2. The van der Waals surface area contributed by atoms with E-state index in [2.05, 4.69) is 317 Å². The van der Waals surface area contributed by atoms with Gasteiger partial charge in [-0.05, 0) is 203 Å². The van der Waals surface area contributed by atoms with Crippen molar-refractivity contribution in [2.45, 2.75) is 18.3 Å². The Kier molecular flexibility index (Phi) is 11.4. The van der Waals surface area contributed by atoms with Gasteiger partial charge < -0.3 is 19.6 Å². The minimum atomic E-state index is -0.783. The van der Waals surface area contributed by atoms with Crippen molar-refractivity contribution >= 4 is 68.1 Å².